The first-order chi connectivity index (χ1) is 8.40. The van der Waals surface area contributed by atoms with Crippen molar-refractivity contribution in [1.29, 1.82) is 0 Å². The van der Waals surface area contributed by atoms with E-state index in [1.165, 1.54) is 23.1 Å². The first-order valence-electron chi connectivity index (χ1n) is 5.49. The molecule has 0 saturated heterocycles. The van der Waals surface area contributed by atoms with Crippen LogP contribution < -0.4 is 4.90 Å². The predicted molar refractivity (Wildman–Crippen MR) is 63.3 cm³/mol. The molecule has 0 radical (unpaired) electrons. The molecule has 0 bridgehead atoms. The third kappa shape index (κ3) is 3.16. The van der Waals surface area contributed by atoms with Crippen LogP contribution in [-0.2, 0) is 0 Å². The summed E-state index contributed by atoms with van der Waals surface area (Å²) in [5.74, 6) is 0. The normalized spacial score (nSPS) is 15.6. The molecule has 0 spiro atoms. The molecule has 1 aromatic carbocycles. The number of carbonyl (C=O) groups excluding carboxylic acids is 1. The zero-order valence-corrected chi connectivity index (χ0v) is 10.1. The van der Waals surface area contributed by atoms with E-state index in [0.29, 0.717) is 17.5 Å². The maximum absolute atomic E-state index is 12.5. The molecule has 0 atom stereocenters. The van der Waals surface area contributed by atoms with Crippen LogP contribution in [0.25, 0.3) is 0 Å². The minimum absolute atomic E-state index is 0.105. The van der Waals surface area contributed by atoms with Crippen LogP contribution in [0.3, 0.4) is 0 Å². The number of aldehydes is 1. The van der Waals surface area contributed by atoms with Gasteiger partial charge in [-0.15, -0.1) is 0 Å². The average molecular weight is 278 g/mol. The van der Waals surface area contributed by atoms with E-state index >= 15 is 0 Å². The molecule has 0 amide bonds. The lowest BCUT2D eigenvalue weighted by Gasteiger charge is -2.26. The Hall–Kier alpha value is -1.23. The molecule has 1 saturated carbocycles. The molecular formula is C12H11ClF3NO. The molecule has 1 aliphatic carbocycles. The van der Waals surface area contributed by atoms with Gasteiger partial charge in [0, 0.05) is 11.6 Å². The zero-order valence-electron chi connectivity index (χ0n) is 9.38. The summed E-state index contributed by atoms with van der Waals surface area (Å²) in [5, 5.41) is 0.177. The molecule has 0 aromatic heterocycles. The van der Waals surface area contributed by atoms with Gasteiger partial charge < -0.3 is 4.90 Å². The lowest BCUT2D eigenvalue weighted by Crippen LogP contribution is -2.36. The van der Waals surface area contributed by atoms with Crippen molar-refractivity contribution in [2.45, 2.75) is 25.1 Å². The van der Waals surface area contributed by atoms with Crippen molar-refractivity contribution >= 4 is 23.6 Å². The minimum Gasteiger partial charge on any atom is -0.358 e. The van der Waals surface area contributed by atoms with Crippen LogP contribution in [0.15, 0.2) is 18.2 Å². The third-order valence-electron chi connectivity index (χ3n) is 2.75. The van der Waals surface area contributed by atoms with Gasteiger partial charge in [-0.1, -0.05) is 11.6 Å². The summed E-state index contributed by atoms with van der Waals surface area (Å²) in [4.78, 5) is 11.8. The second kappa shape index (κ2) is 4.80. The molecule has 18 heavy (non-hydrogen) atoms. The van der Waals surface area contributed by atoms with Crippen molar-refractivity contribution in [2.24, 2.45) is 0 Å². The van der Waals surface area contributed by atoms with Gasteiger partial charge in [0.15, 0.2) is 0 Å². The van der Waals surface area contributed by atoms with E-state index in [4.69, 9.17) is 11.6 Å². The van der Waals surface area contributed by atoms with Gasteiger partial charge in [0.2, 0.25) is 0 Å². The number of hydrogen-bond acceptors (Lipinski definition) is 2. The molecule has 98 valence electrons. The van der Waals surface area contributed by atoms with Crippen LogP contribution in [0.1, 0.15) is 23.2 Å². The molecule has 6 heteroatoms. The van der Waals surface area contributed by atoms with E-state index in [1.54, 1.807) is 0 Å². The fraction of sp³-hybridized carbons (Fsp3) is 0.417. The van der Waals surface area contributed by atoms with Gasteiger partial charge in [-0.05, 0) is 31.0 Å². The molecule has 1 aliphatic rings. The van der Waals surface area contributed by atoms with Crippen LogP contribution >= 0.6 is 11.6 Å². The van der Waals surface area contributed by atoms with Crippen LogP contribution in [0.2, 0.25) is 5.02 Å². The van der Waals surface area contributed by atoms with Crippen LogP contribution in [0.5, 0.6) is 0 Å². The van der Waals surface area contributed by atoms with E-state index in [-0.39, 0.29) is 11.1 Å². The first-order valence-corrected chi connectivity index (χ1v) is 5.86. The van der Waals surface area contributed by atoms with Crippen molar-refractivity contribution in [3.63, 3.8) is 0 Å². The molecule has 2 rings (SSSR count). The minimum atomic E-state index is -4.27. The lowest BCUT2D eigenvalue weighted by atomic mass is 10.2. The Balaban J connectivity index is 2.28. The number of anilines is 1. The number of rotatable bonds is 4. The van der Waals surface area contributed by atoms with E-state index < -0.39 is 12.7 Å². The number of carbonyl (C=O) groups is 1. The molecular weight excluding hydrogens is 267 g/mol. The standard InChI is InChI=1S/C12H11ClF3NO/c13-10-5-8(6-18)1-4-11(10)17(9-2-3-9)7-12(14,15)16/h1,4-6,9H,2-3,7H2. The Morgan fingerprint density at radius 3 is 2.50 bits per heavy atom. The second-order valence-electron chi connectivity index (χ2n) is 4.30. The van der Waals surface area contributed by atoms with Crippen molar-refractivity contribution in [3.8, 4) is 0 Å². The molecule has 0 heterocycles. The molecule has 1 aromatic rings. The third-order valence-corrected chi connectivity index (χ3v) is 3.06. The van der Waals surface area contributed by atoms with Gasteiger partial charge >= 0.3 is 6.18 Å². The van der Waals surface area contributed by atoms with E-state index in [0.717, 1.165) is 12.8 Å². The summed E-state index contributed by atoms with van der Waals surface area (Å²) in [6, 6.07) is 4.22. The van der Waals surface area contributed by atoms with Gasteiger partial charge in [-0.25, -0.2) is 0 Å². The zero-order chi connectivity index (χ0) is 13.3. The molecule has 0 unspecified atom stereocenters. The lowest BCUT2D eigenvalue weighted by molar-refractivity contribution is -0.120. The van der Waals surface area contributed by atoms with E-state index in [1.807, 2.05) is 0 Å². The van der Waals surface area contributed by atoms with Gasteiger partial charge in [-0.2, -0.15) is 13.2 Å². The Bertz CT molecular complexity index is 457. The van der Waals surface area contributed by atoms with Gasteiger partial charge in [-0.3, -0.25) is 4.79 Å². The summed E-state index contributed by atoms with van der Waals surface area (Å²) in [5.41, 5.74) is 0.689. The number of alkyl halides is 3. The predicted octanol–water partition coefficient (Wildman–Crippen LogP) is 3.68. The van der Waals surface area contributed by atoms with Crippen molar-refractivity contribution in [3.05, 3.63) is 28.8 Å². The fourth-order valence-corrected chi connectivity index (χ4v) is 2.12. The summed E-state index contributed by atoms with van der Waals surface area (Å²) < 4.78 is 37.5. The highest BCUT2D eigenvalue weighted by atomic mass is 35.5. The Morgan fingerprint density at radius 2 is 2.06 bits per heavy atom. The van der Waals surface area contributed by atoms with E-state index in [2.05, 4.69) is 0 Å². The Kier molecular flexibility index (Phi) is 3.52. The number of hydrogen-bond donors (Lipinski definition) is 0. The van der Waals surface area contributed by atoms with Gasteiger partial charge in [0.1, 0.15) is 12.8 Å². The summed E-state index contributed by atoms with van der Waals surface area (Å²) in [6.45, 7) is -1.02. The van der Waals surface area contributed by atoms with Gasteiger partial charge in [0.25, 0.3) is 0 Å². The van der Waals surface area contributed by atoms with Crippen LogP contribution in [0.4, 0.5) is 18.9 Å². The molecule has 1 fully saturated rings. The monoisotopic (exact) mass is 277 g/mol. The average Bonchev–Trinajstić information content (AvgIpc) is 3.08. The Morgan fingerprint density at radius 1 is 1.39 bits per heavy atom. The van der Waals surface area contributed by atoms with E-state index in [9.17, 15) is 18.0 Å². The summed E-state index contributed by atoms with van der Waals surface area (Å²) in [6.07, 6.45) is -2.18. The van der Waals surface area contributed by atoms with Crippen LogP contribution in [-0.4, -0.2) is 25.0 Å². The highest BCUT2D eigenvalue weighted by Crippen LogP contribution is 2.37. The quantitative estimate of drug-likeness (QED) is 0.783. The molecule has 2 nitrogen and oxygen atoms in total. The Labute approximate surface area is 107 Å². The SMILES string of the molecule is O=Cc1ccc(N(CC(F)(F)F)C2CC2)c(Cl)c1. The fourth-order valence-electron chi connectivity index (χ4n) is 1.82. The topological polar surface area (TPSA) is 20.3 Å². The number of halogens is 4. The maximum atomic E-state index is 12.5. The molecule has 0 N–H and O–H groups in total. The van der Waals surface area contributed by atoms with Crippen LogP contribution in [0, 0.1) is 0 Å². The van der Waals surface area contributed by atoms with Gasteiger partial charge in [0.05, 0.1) is 10.7 Å². The van der Waals surface area contributed by atoms with Crippen molar-refractivity contribution < 1.29 is 18.0 Å². The highest BCUT2D eigenvalue weighted by molar-refractivity contribution is 6.33. The number of benzene rings is 1. The summed E-state index contributed by atoms with van der Waals surface area (Å²) in [7, 11) is 0. The van der Waals surface area contributed by atoms with Crippen molar-refractivity contribution in [2.75, 3.05) is 11.4 Å². The molecule has 0 aliphatic heterocycles. The van der Waals surface area contributed by atoms with Crippen molar-refractivity contribution in [1.82, 2.24) is 0 Å². The largest absolute Gasteiger partial charge is 0.405 e. The first kappa shape index (κ1) is 13.2. The second-order valence-corrected chi connectivity index (χ2v) is 4.71. The summed E-state index contributed by atoms with van der Waals surface area (Å²) >= 11 is 5.94. The number of nitrogens with zero attached hydrogens (tertiary/aromatic N) is 1. The highest BCUT2D eigenvalue weighted by Gasteiger charge is 2.38. The smallest absolute Gasteiger partial charge is 0.358 e. The maximum Gasteiger partial charge on any atom is 0.405 e.